The molecule has 2 heteroatoms. The Hall–Kier alpha value is -1.96. The molecule has 20 heavy (non-hydrogen) atoms. The lowest BCUT2D eigenvalue weighted by Gasteiger charge is -2.26. The van der Waals surface area contributed by atoms with Crippen molar-refractivity contribution < 1.29 is 10.2 Å². The fourth-order valence-electron chi connectivity index (χ4n) is 2.96. The van der Waals surface area contributed by atoms with Crippen molar-refractivity contribution in [2.75, 3.05) is 0 Å². The maximum Gasteiger partial charge on any atom is 0.253 e. The van der Waals surface area contributed by atoms with Gasteiger partial charge < -0.3 is 10.2 Å². The average Bonchev–Trinajstić information content (AvgIpc) is 2.47. The Morgan fingerprint density at radius 3 is 1.60 bits per heavy atom. The molecule has 0 aliphatic carbocycles. The van der Waals surface area contributed by atoms with Crippen molar-refractivity contribution in [2.24, 2.45) is 0 Å². The smallest absolute Gasteiger partial charge is 0.253 e. The minimum Gasteiger partial charge on any atom is -0.593 e. The van der Waals surface area contributed by atoms with Crippen LogP contribution in [0, 0.1) is 0 Å². The van der Waals surface area contributed by atoms with Crippen LogP contribution < -0.4 is 0 Å². The zero-order valence-corrected chi connectivity index (χ0v) is 12.1. The van der Waals surface area contributed by atoms with E-state index in [9.17, 15) is 5.11 Å². The van der Waals surface area contributed by atoms with E-state index in [2.05, 4.69) is 26.0 Å². The molecule has 0 radical (unpaired) electrons. The lowest BCUT2D eigenvalue weighted by Crippen LogP contribution is -2.10. The molecular weight excluding hydrogens is 248 g/mol. The Morgan fingerprint density at radius 1 is 0.800 bits per heavy atom. The van der Waals surface area contributed by atoms with Crippen LogP contribution in [0.5, 0.6) is 11.5 Å². The predicted octanol–water partition coefficient (Wildman–Crippen LogP) is 4.52. The molecule has 2 aromatic carbocycles. The summed E-state index contributed by atoms with van der Waals surface area (Å²) in [6.45, 7) is 4.42. The van der Waals surface area contributed by atoms with Crippen LogP contribution in [0.15, 0.2) is 48.5 Å². The van der Waals surface area contributed by atoms with Crippen molar-refractivity contribution in [2.45, 2.75) is 38.5 Å². The van der Waals surface area contributed by atoms with Gasteiger partial charge in [0.2, 0.25) is 0 Å². The van der Waals surface area contributed by atoms with Crippen LogP contribution >= 0.6 is 0 Å². The van der Waals surface area contributed by atoms with Gasteiger partial charge in [-0.3, -0.25) is 0 Å². The monoisotopic (exact) mass is 271 g/mol. The third kappa shape index (κ3) is 3.13. The number of phenols is 1. The number of hydrogen-bond donors (Lipinski definition) is 1. The van der Waals surface area contributed by atoms with Crippen molar-refractivity contribution in [3.05, 3.63) is 59.7 Å². The second-order valence-electron chi connectivity index (χ2n) is 5.24. The van der Waals surface area contributed by atoms with Gasteiger partial charge in [-0.2, -0.15) is 0 Å². The van der Waals surface area contributed by atoms with E-state index < -0.39 is 0 Å². The molecule has 2 unspecified atom stereocenters. The third-order valence-electron chi connectivity index (χ3n) is 4.03. The van der Waals surface area contributed by atoms with Gasteiger partial charge in [0.25, 0.3) is 5.75 Å². The highest BCUT2D eigenvalue weighted by atomic mass is 16.3. The summed E-state index contributed by atoms with van der Waals surface area (Å²) < 4.78 is 0. The molecule has 0 fully saturated rings. The van der Waals surface area contributed by atoms with E-state index in [1.54, 1.807) is 12.1 Å². The summed E-state index contributed by atoms with van der Waals surface area (Å²) in [7, 11) is 0. The van der Waals surface area contributed by atoms with Gasteiger partial charge in [-0.1, -0.05) is 26.0 Å². The molecule has 0 amide bonds. The van der Waals surface area contributed by atoms with Crippen LogP contribution in [0.1, 0.15) is 49.7 Å². The summed E-state index contributed by atoms with van der Waals surface area (Å²) in [5.41, 5.74) is 2.57. The molecule has 0 saturated carbocycles. The molecular formula is C18H23O2+. The van der Waals surface area contributed by atoms with Gasteiger partial charge in [0, 0.05) is 12.1 Å². The van der Waals surface area contributed by atoms with E-state index in [4.69, 9.17) is 5.11 Å². The molecule has 2 nitrogen and oxygen atoms in total. The Bertz CT molecular complexity index is 477. The molecule has 106 valence electrons. The van der Waals surface area contributed by atoms with E-state index in [0.717, 1.165) is 12.8 Å². The molecule has 0 aliphatic rings. The second-order valence-corrected chi connectivity index (χ2v) is 5.24. The zero-order valence-electron chi connectivity index (χ0n) is 12.1. The fraction of sp³-hybridized carbons (Fsp3) is 0.333. The minimum absolute atomic E-state index is 0.315. The third-order valence-corrected chi connectivity index (χ3v) is 4.03. The fourth-order valence-corrected chi connectivity index (χ4v) is 2.96. The molecule has 0 aliphatic heterocycles. The second kappa shape index (κ2) is 6.47. The lowest BCUT2D eigenvalue weighted by atomic mass is 9.78. The van der Waals surface area contributed by atoms with Crippen molar-refractivity contribution in [3.63, 3.8) is 0 Å². The quantitative estimate of drug-likeness (QED) is 0.798. The van der Waals surface area contributed by atoms with E-state index >= 15 is 0 Å². The van der Waals surface area contributed by atoms with Crippen molar-refractivity contribution in [1.82, 2.24) is 0 Å². The van der Waals surface area contributed by atoms with Crippen molar-refractivity contribution in [1.29, 1.82) is 0 Å². The van der Waals surface area contributed by atoms with Crippen LogP contribution in [-0.2, 0) is 0 Å². The van der Waals surface area contributed by atoms with Crippen molar-refractivity contribution >= 4 is 0 Å². The number of benzene rings is 2. The molecule has 0 saturated heterocycles. The summed E-state index contributed by atoms with van der Waals surface area (Å²) in [6, 6.07) is 15.4. The first-order valence-electron chi connectivity index (χ1n) is 7.26. The minimum atomic E-state index is 0.315. The van der Waals surface area contributed by atoms with Gasteiger partial charge in [0.15, 0.2) is 0 Å². The van der Waals surface area contributed by atoms with Crippen LogP contribution in [0.2, 0.25) is 0 Å². The van der Waals surface area contributed by atoms with Crippen LogP contribution in [0.25, 0.3) is 0 Å². The molecule has 2 aromatic rings. The standard InChI is InChI=1S/C18H22O2/c1-3-17(13-5-9-15(19)10-6-13)18(4-2)14-7-11-16(20)12-8-14/h5-12,17-20H,3-4H2,1-2H3/p+1. The molecule has 0 aromatic heterocycles. The highest BCUT2D eigenvalue weighted by Gasteiger charge is 2.22. The summed E-state index contributed by atoms with van der Waals surface area (Å²) in [5, 5.41) is 17.0. The van der Waals surface area contributed by atoms with Gasteiger partial charge in [-0.05, 0) is 60.1 Å². The number of phenolic OH excluding ortho intramolecular Hbond substituents is 1. The lowest BCUT2D eigenvalue weighted by molar-refractivity contribution is 0.470. The molecule has 0 spiro atoms. The first kappa shape index (κ1) is 14.4. The normalized spacial score (nSPS) is 13.9. The van der Waals surface area contributed by atoms with Gasteiger partial charge in [-0.25, -0.2) is 0 Å². The van der Waals surface area contributed by atoms with Crippen LogP contribution in [0.3, 0.4) is 0 Å². The highest BCUT2D eigenvalue weighted by Crippen LogP contribution is 2.38. The van der Waals surface area contributed by atoms with Crippen LogP contribution in [-0.4, -0.2) is 10.2 Å². The number of aromatic hydroxyl groups is 1. The van der Waals surface area contributed by atoms with Gasteiger partial charge in [0.05, 0.1) is 0 Å². The first-order chi connectivity index (χ1) is 9.65. The maximum absolute atomic E-state index is 9.43. The van der Waals surface area contributed by atoms with Gasteiger partial charge in [-0.15, -0.1) is 0 Å². The summed E-state index contributed by atoms with van der Waals surface area (Å²) in [6.07, 6.45) is 2.13. The van der Waals surface area contributed by atoms with Crippen LogP contribution in [0.4, 0.5) is 0 Å². The van der Waals surface area contributed by atoms with E-state index in [1.165, 1.54) is 11.1 Å². The predicted molar refractivity (Wildman–Crippen MR) is 83.7 cm³/mol. The molecule has 2 rings (SSSR count). The summed E-state index contributed by atoms with van der Waals surface area (Å²) in [5.74, 6) is 1.76. The van der Waals surface area contributed by atoms with E-state index in [0.29, 0.717) is 23.3 Å². The highest BCUT2D eigenvalue weighted by molar-refractivity contribution is 5.34. The largest absolute Gasteiger partial charge is 0.593 e. The Labute approximate surface area is 120 Å². The number of hydrogen-bond acceptors (Lipinski definition) is 1. The average molecular weight is 271 g/mol. The maximum atomic E-state index is 9.43. The summed E-state index contributed by atoms with van der Waals surface area (Å²) >= 11 is 0. The first-order valence-corrected chi connectivity index (χ1v) is 7.26. The zero-order chi connectivity index (χ0) is 14.5. The number of rotatable bonds is 5. The summed E-state index contributed by atoms with van der Waals surface area (Å²) in [4.78, 5) is 0. The molecule has 2 atom stereocenters. The van der Waals surface area contributed by atoms with Gasteiger partial charge >= 0.3 is 0 Å². The van der Waals surface area contributed by atoms with Gasteiger partial charge in [0.1, 0.15) is 5.75 Å². The topological polar surface area (TPSA) is 43.1 Å². The molecule has 0 bridgehead atoms. The van der Waals surface area contributed by atoms with E-state index in [1.807, 2.05) is 24.3 Å². The van der Waals surface area contributed by atoms with E-state index in [-0.39, 0.29) is 0 Å². The Morgan fingerprint density at radius 2 is 1.20 bits per heavy atom. The molecule has 3 N–H and O–H groups in total. The Balaban J connectivity index is 2.32. The SMILES string of the molecule is CCC(c1ccc(O)cc1)C(CC)c1ccc([OH2+])cc1. The van der Waals surface area contributed by atoms with Crippen molar-refractivity contribution in [3.8, 4) is 11.5 Å². The molecule has 0 heterocycles. The Kier molecular flexibility index (Phi) is 4.67.